The van der Waals surface area contributed by atoms with Crippen LogP contribution in [0, 0.1) is 5.82 Å². The van der Waals surface area contributed by atoms with E-state index in [1.807, 2.05) is 55.1 Å². The molecule has 12 heteroatoms. The van der Waals surface area contributed by atoms with Gasteiger partial charge in [-0.3, -0.25) is 9.80 Å². The molecule has 6 rings (SSSR count). The van der Waals surface area contributed by atoms with Gasteiger partial charge < -0.3 is 24.6 Å². The second-order valence-corrected chi connectivity index (χ2v) is 10.8. The van der Waals surface area contributed by atoms with Crippen LogP contribution in [0.5, 0.6) is 11.5 Å². The van der Waals surface area contributed by atoms with Gasteiger partial charge in [0.15, 0.2) is 24.7 Å². The number of aromatic nitrogens is 2. The van der Waals surface area contributed by atoms with E-state index in [1.165, 1.54) is 12.4 Å². The Morgan fingerprint density at radius 2 is 2.16 bits per heavy atom. The zero-order valence-corrected chi connectivity index (χ0v) is 24.9. The fourth-order valence-electron chi connectivity index (χ4n) is 5.26. The van der Waals surface area contributed by atoms with Crippen LogP contribution in [0.1, 0.15) is 6.92 Å². The van der Waals surface area contributed by atoms with Gasteiger partial charge >= 0.3 is 0 Å². The van der Waals surface area contributed by atoms with Crippen molar-refractivity contribution in [2.75, 3.05) is 58.7 Å². The molecule has 1 amide bonds. The molecule has 1 N–H and O–H groups in total. The van der Waals surface area contributed by atoms with Gasteiger partial charge in [-0.05, 0) is 51.4 Å². The van der Waals surface area contributed by atoms with E-state index in [4.69, 9.17) is 9.47 Å². The normalized spacial score (nSPS) is 16.4. The summed E-state index contributed by atoms with van der Waals surface area (Å²) in [7, 11) is 3.93. The highest BCUT2D eigenvalue weighted by molar-refractivity contribution is 6.01. The second-order valence-electron chi connectivity index (χ2n) is 10.8. The van der Waals surface area contributed by atoms with Crippen molar-refractivity contribution in [1.82, 2.24) is 24.8 Å². The second kappa shape index (κ2) is 12.6. The fraction of sp³-hybridized carbons (Fsp3) is 0.281. The third-order valence-electron chi connectivity index (χ3n) is 7.38. The lowest BCUT2D eigenvalue weighted by Gasteiger charge is -2.29. The van der Waals surface area contributed by atoms with E-state index in [0.717, 1.165) is 11.4 Å². The zero-order valence-electron chi connectivity index (χ0n) is 24.9. The van der Waals surface area contributed by atoms with Crippen molar-refractivity contribution in [1.29, 1.82) is 0 Å². The molecular weight excluding hydrogens is 563 g/mol. The molecule has 0 radical (unpaired) electrons. The lowest BCUT2D eigenvalue weighted by Crippen LogP contribution is -2.48. The third kappa shape index (κ3) is 6.16. The zero-order chi connectivity index (χ0) is 30.6. The molecule has 0 atom stereocenters. The molecule has 4 heterocycles. The Labute approximate surface area is 254 Å². The van der Waals surface area contributed by atoms with Crippen LogP contribution < -0.4 is 14.8 Å². The molecule has 1 aromatic heterocycles. The number of ether oxygens (including phenoxy) is 2. The number of hydrazone groups is 1. The molecule has 2 aromatic carbocycles. The Hall–Kier alpha value is -5.10. The molecule has 44 heavy (non-hydrogen) atoms. The molecule has 0 bridgehead atoms. The molecule has 0 spiro atoms. The number of fused-ring (bicyclic) bond motifs is 4. The summed E-state index contributed by atoms with van der Waals surface area (Å²) in [6.07, 6.45) is 12.0. The number of carbonyl (C=O) groups excluding carboxylic acids is 1. The monoisotopic (exact) mass is 597 g/mol. The summed E-state index contributed by atoms with van der Waals surface area (Å²) in [6.45, 7) is 5.14. The summed E-state index contributed by atoms with van der Waals surface area (Å²) in [5, 5.41) is 9.87. The van der Waals surface area contributed by atoms with E-state index < -0.39 is 5.82 Å². The maximum atomic E-state index is 15.1. The molecule has 3 aliphatic rings. The maximum absolute atomic E-state index is 15.1. The minimum Gasteiger partial charge on any atom is -0.475 e. The number of nitrogens with one attached hydrogen (secondary N) is 1. The predicted molar refractivity (Wildman–Crippen MR) is 168 cm³/mol. The van der Waals surface area contributed by atoms with Gasteiger partial charge in [0, 0.05) is 42.9 Å². The average Bonchev–Trinajstić information content (AvgIpc) is 3.02. The fourth-order valence-corrected chi connectivity index (χ4v) is 5.26. The molecule has 0 unspecified atom stereocenters. The first-order valence-electron chi connectivity index (χ1n) is 14.4. The SMILES string of the molecule is C/C=N\N1C=CC(Oc2ccc(Nc3ncnc4ccc5c(c34)OCC3=[N+]5CCN(C(=O)/C=C/CN(C)C)C3)cc2F)=CC1. The lowest BCUT2D eigenvalue weighted by molar-refractivity contribution is -0.453. The molecule has 3 aliphatic heterocycles. The summed E-state index contributed by atoms with van der Waals surface area (Å²) in [4.78, 5) is 25.5. The highest BCUT2D eigenvalue weighted by Crippen LogP contribution is 2.41. The van der Waals surface area contributed by atoms with Crippen molar-refractivity contribution in [3.05, 3.63) is 78.7 Å². The van der Waals surface area contributed by atoms with Crippen molar-refractivity contribution < 1.29 is 23.2 Å². The molecule has 0 saturated carbocycles. The summed E-state index contributed by atoms with van der Waals surface area (Å²) in [5.41, 5.74) is 3.10. The summed E-state index contributed by atoms with van der Waals surface area (Å²) >= 11 is 0. The molecular formula is C32H34FN8O3+. The number of benzene rings is 2. The van der Waals surface area contributed by atoms with Crippen molar-refractivity contribution in [2.45, 2.75) is 6.92 Å². The molecule has 226 valence electrons. The van der Waals surface area contributed by atoms with E-state index in [-0.39, 0.29) is 11.7 Å². The Balaban J connectivity index is 1.22. The number of allylic oxidation sites excluding steroid dienone is 1. The number of anilines is 2. The average molecular weight is 598 g/mol. The topological polar surface area (TPSA) is 98.4 Å². The summed E-state index contributed by atoms with van der Waals surface area (Å²) in [5.74, 6) is 1.28. The first kappa shape index (κ1) is 29.0. The summed E-state index contributed by atoms with van der Waals surface area (Å²) in [6, 6.07) is 8.59. The van der Waals surface area contributed by atoms with Crippen LogP contribution in [0.2, 0.25) is 0 Å². The number of nitrogens with zero attached hydrogens (tertiary/aromatic N) is 7. The largest absolute Gasteiger partial charge is 0.475 e. The highest BCUT2D eigenvalue weighted by Gasteiger charge is 2.36. The van der Waals surface area contributed by atoms with Crippen LogP contribution >= 0.6 is 0 Å². The minimum absolute atomic E-state index is 0.00730. The van der Waals surface area contributed by atoms with Crippen molar-refractivity contribution in [2.24, 2.45) is 5.10 Å². The molecule has 0 saturated heterocycles. The lowest BCUT2D eigenvalue weighted by atomic mass is 10.1. The predicted octanol–water partition coefficient (Wildman–Crippen LogP) is 4.05. The molecule has 3 aromatic rings. The van der Waals surface area contributed by atoms with Gasteiger partial charge in [0.2, 0.25) is 23.1 Å². The molecule has 0 fully saturated rings. The van der Waals surface area contributed by atoms with Gasteiger partial charge in [0.05, 0.1) is 24.0 Å². The van der Waals surface area contributed by atoms with Crippen LogP contribution in [0.15, 0.2) is 78.0 Å². The van der Waals surface area contributed by atoms with Crippen LogP contribution in [0.25, 0.3) is 10.9 Å². The van der Waals surface area contributed by atoms with Gasteiger partial charge in [0.1, 0.15) is 24.4 Å². The third-order valence-corrected chi connectivity index (χ3v) is 7.38. The maximum Gasteiger partial charge on any atom is 0.248 e. The number of rotatable bonds is 8. The van der Waals surface area contributed by atoms with Gasteiger partial charge in [-0.15, -0.1) is 0 Å². The smallest absolute Gasteiger partial charge is 0.248 e. The Morgan fingerprint density at radius 3 is 2.93 bits per heavy atom. The summed E-state index contributed by atoms with van der Waals surface area (Å²) < 4.78 is 29.4. The van der Waals surface area contributed by atoms with Gasteiger partial charge in [-0.2, -0.15) is 9.68 Å². The number of hydrogen-bond donors (Lipinski definition) is 1. The minimum atomic E-state index is -0.516. The Morgan fingerprint density at radius 1 is 1.27 bits per heavy atom. The Bertz CT molecular complexity index is 1750. The van der Waals surface area contributed by atoms with E-state index in [9.17, 15) is 4.79 Å². The van der Waals surface area contributed by atoms with Gasteiger partial charge in [-0.25, -0.2) is 14.4 Å². The first-order valence-corrected chi connectivity index (χ1v) is 14.4. The van der Waals surface area contributed by atoms with E-state index in [1.54, 1.807) is 41.7 Å². The first-order chi connectivity index (χ1) is 21.4. The van der Waals surface area contributed by atoms with Crippen LogP contribution in [0.3, 0.4) is 0 Å². The van der Waals surface area contributed by atoms with Crippen LogP contribution in [0.4, 0.5) is 21.6 Å². The van der Waals surface area contributed by atoms with Crippen molar-refractivity contribution in [3.8, 4) is 11.5 Å². The van der Waals surface area contributed by atoms with Gasteiger partial charge in [0.25, 0.3) is 0 Å². The van der Waals surface area contributed by atoms with Gasteiger partial charge in [-0.1, -0.05) is 6.08 Å². The van der Waals surface area contributed by atoms with E-state index >= 15 is 4.39 Å². The number of carbonyl (C=O) groups is 1. The number of halogens is 1. The number of hydrogen-bond acceptors (Lipinski definition) is 9. The highest BCUT2D eigenvalue weighted by atomic mass is 19.1. The van der Waals surface area contributed by atoms with Crippen LogP contribution in [-0.4, -0.2) is 101 Å². The Kier molecular flexibility index (Phi) is 8.33. The van der Waals surface area contributed by atoms with E-state index in [0.29, 0.717) is 73.2 Å². The van der Waals surface area contributed by atoms with Crippen molar-refractivity contribution in [3.63, 3.8) is 0 Å². The van der Waals surface area contributed by atoms with Crippen molar-refractivity contribution >= 4 is 45.9 Å². The van der Waals surface area contributed by atoms with E-state index in [2.05, 4.69) is 25.0 Å². The molecule has 11 nitrogen and oxygen atoms in total. The number of amides is 1. The van der Waals surface area contributed by atoms with Crippen LogP contribution in [-0.2, 0) is 4.79 Å². The molecule has 0 aliphatic carbocycles. The quantitative estimate of drug-likeness (QED) is 0.236. The standard InChI is InChI=1S/C32H34FN8O3/c1-4-36-40-14-11-24(12-15-40)44-28-10-7-22(18-25(28)33)37-32-30-26(34-21-35-32)8-9-27-31(30)43-20-23-19-39(16-17-41(23)27)29(42)6-5-13-38(2)3/h4-12,14,18,21H,13,15-17,19-20H2,1-3H3,(H,34,35,37)/q+1/b6-5+,36-4-. The number of likely N-dealkylation sites (N-methyl/N-ethyl adjacent to an activating group) is 1.